The van der Waals surface area contributed by atoms with Crippen molar-refractivity contribution < 1.29 is 30.0 Å². The lowest BCUT2D eigenvalue weighted by atomic mass is 9.64. The molecule has 0 amide bonds. The van der Waals surface area contributed by atoms with Gasteiger partial charge in [-0.3, -0.25) is 9.69 Å². The molecule has 3 fully saturated rings. The highest BCUT2D eigenvalue weighted by Crippen LogP contribution is 2.49. The van der Waals surface area contributed by atoms with Crippen LogP contribution in [0.3, 0.4) is 0 Å². The van der Waals surface area contributed by atoms with Crippen LogP contribution in [0.15, 0.2) is 36.4 Å². The molecule has 0 saturated carbocycles. The van der Waals surface area contributed by atoms with E-state index in [-0.39, 0.29) is 25.9 Å². The molecule has 7 heteroatoms. The van der Waals surface area contributed by atoms with E-state index in [0.717, 1.165) is 6.08 Å². The highest BCUT2D eigenvalue weighted by molar-refractivity contribution is 6.15. The molecule has 2 bridgehead atoms. The minimum atomic E-state index is -3.08. The normalized spacial score (nSPS) is 34.4. The third-order valence-corrected chi connectivity index (χ3v) is 5.11. The van der Waals surface area contributed by atoms with Crippen LogP contribution in [0.4, 0.5) is 0 Å². The van der Waals surface area contributed by atoms with Gasteiger partial charge in [0, 0.05) is 13.1 Å². The molecule has 7 nitrogen and oxygen atoms in total. The van der Waals surface area contributed by atoms with E-state index < -0.39 is 28.7 Å². The van der Waals surface area contributed by atoms with Crippen molar-refractivity contribution in [1.29, 1.82) is 0 Å². The third-order valence-electron chi connectivity index (χ3n) is 5.11. The standard InChI is InChI=1S/C17H19NO6/c19-13(7-6-12-4-2-1-3-5-12)16(14(20)21)17(23,24)15(22)8-10-18(16)11-9-15/h1-7,22-24H,8-11H2,(H,20,21). The van der Waals surface area contributed by atoms with Crippen molar-refractivity contribution in [3.05, 3.63) is 42.0 Å². The summed E-state index contributed by atoms with van der Waals surface area (Å²) in [5, 5.41) is 41.2. The summed E-state index contributed by atoms with van der Waals surface area (Å²) in [6.45, 7) is 0.188. The van der Waals surface area contributed by atoms with Crippen molar-refractivity contribution in [2.45, 2.75) is 29.8 Å². The molecule has 4 rings (SSSR count). The lowest BCUT2D eigenvalue weighted by Gasteiger charge is -2.61. The largest absolute Gasteiger partial charge is 0.479 e. The molecule has 1 aromatic carbocycles. The molecular formula is C17H19NO6. The number of benzene rings is 1. The van der Waals surface area contributed by atoms with Gasteiger partial charge in [0.1, 0.15) is 5.60 Å². The second kappa shape index (κ2) is 5.49. The zero-order chi connectivity index (χ0) is 17.6. The van der Waals surface area contributed by atoms with E-state index >= 15 is 0 Å². The second-order valence-corrected chi connectivity index (χ2v) is 6.31. The summed E-state index contributed by atoms with van der Waals surface area (Å²) in [6, 6.07) is 8.76. The van der Waals surface area contributed by atoms with Crippen molar-refractivity contribution in [3.8, 4) is 0 Å². The lowest BCUT2D eigenvalue weighted by Crippen LogP contribution is -2.86. The molecule has 0 radical (unpaired) electrons. The van der Waals surface area contributed by atoms with Gasteiger partial charge in [0.05, 0.1) is 0 Å². The maximum atomic E-state index is 12.7. The molecular weight excluding hydrogens is 314 g/mol. The predicted molar refractivity (Wildman–Crippen MR) is 83.8 cm³/mol. The lowest BCUT2D eigenvalue weighted by molar-refractivity contribution is -0.359. The van der Waals surface area contributed by atoms with Crippen molar-refractivity contribution in [3.63, 3.8) is 0 Å². The Morgan fingerprint density at radius 2 is 1.62 bits per heavy atom. The van der Waals surface area contributed by atoms with Crippen LogP contribution in [0.5, 0.6) is 0 Å². The van der Waals surface area contributed by atoms with Gasteiger partial charge in [0.2, 0.25) is 11.3 Å². The number of carboxylic acid groups (broad SMARTS) is 1. The van der Waals surface area contributed by atoms with Crippen LogP contribution < -0.4 is 0 Å². The number of carboxylic acids is 1. The maximum Gasteiger partial charge on any atom is 0.338 e. The van der Waals surface area contributed by atoms with Crippen LogP contribution >= 0.6 is 0 Å². The van der Waals surface area contributed by atoms with Gasteiger partial charge in [-0.25, -0.2) is 4.79 Å². The van der Waals surface area contributed by atoms with Gasteiger partial charge in [0.15, 0.2) is 5.78 Å². The molecule has 4 N–H and O–H groups in total. The number of nitrogens with zero attached hydrogens (tertiary/aromatic N) is 1. The van der Waals surface area contributed by atoms with Gasteiger partial charge in [-0.2, -0.15) is 0 Å². The van der Waals surface area contributed by atoms with Crippen LogP contribution in [0.1, 0.15) is 18.4 Å². The summed E-state index contributed by atoms with van der Waals surface area (Å²) in [6.07, 6.45) is 2.42. The van der Waals surface area contributed by atoms with Crippen molar-refractivity contribution in [2.75, 3.05) is 13.1 Å². The number of aliphatic carboxylic acids is 1. The number of hydrogen-bond acceptors (Lipinski definition) is 6. The fraction of sp³-hybridized carbons (Fsp3) is 0.412. The summed E-state index contributed by atoms with van der Waals surface area (Å²) in [5.41, 5.74) is -3.98. The fourth-order valence-electron chi connectivity index (χ4n) is 3.69. The number of carbonyl (C=O) groups excluding carboxylic acids is 1. The molecule has 1 unspecified atom stereocenters. The Morgan fingerprint density at radius 1 is 1.04 bits per heavy atom. The quantitative estimate of drug-likeness (QED) is 0.337. The van der Waals surface area contributed by atoms with Gasteiger partial charge in [0.25, 0.3) is 0 Å². The van der Waals surface area contributed by atoms with Gasteiger partial charge < -0.3 is 20.4 Å². The van der Waals surface area contributed by atoms with E-state index in [2.05, 4.69) is 0 Å². The highest BCUT2D eigenvalue weighted by atomic mass is 16.5. The molecule has 0 aromatic heterocycles. The summed E-state index contributed by atoms with van der Waals surface area (Å²) in [7, 11) is 0. The van der Waals surface area contributed by atoms with Crippen LogP contribution in [0.25, 0.3) is 6.08 Å². The van der Waals surface area contributed by atoms with Crippen molar-refractivity contribution in [1.82, 2.24) is 4.90 Å². The average molecular weight is 333 g/mol. The van der Waals surface area contributed by atoms with E-state index in [1.807, 2.05) is 0 Å². The molecule has 0 spiro atoms. The Bertz CT molecular complexity index is 690. The monoisotopic (exact) mass is 333 g/mol. The first-order valence-corrected chi connectivity index (χ1v) is 7.69. The molecule has 128 valence electrons. The SMILES string of the molecule is O=C(O)C1(C(=O)C=Cc2ccccc2)N2CCC(O)(CC2)C1(O)O. The zero-order valence-electron chi connectivity index (χ0n) is 12.9. The number of carbonyl (C=O) groups is 2. The average Bonchev–Trinajstić information content (AvgIpc) is 2.54. The Labute approximate surface area is 138 Å². The van der Waals surface area contributed by atoms with Crippen molar-refractivity contribution in [2.24, 2.45) is 0 Å². The Balaban J connectivity index is 2.04. The number of fused-ring (bicyclic) bond motifs is 3. The topological polar surface area (TPSA) is 118 Å². The first-order chi connectivity index (χ1) is 11.3. The van der Waals surface area contributed by atoms with E-state index in [0.29, 0.717) is 5.56 Å². The summed E-state index contributed by atoms with van der Waals surface area (Å²) in [4.78, 5) is 25.9. The number of ketones is 1. The van der Waals surface area contributed by atoms with E-state index in [9.17, 15) is 30.0 Å². The maximum absolute atomic E-state index is 12.7. The molecule has 1 atom stereocenters. The first kappa shape index (κ1) is 16.8. The van der Waals surface area contributed by atoms with Gasteiger partial charge in [-0.05, 0) is 24.5 Å². The highest BCUT2D eigenvalue weighted by Gasteiger charge is 2.76. The second-order valence-electron chi connectivity index (χ2n) is 6.31. The predicted octanol–water partition coefficient (Wildman–Crippen LogP) is -0.386. The zero-order valence-corrected chi connectivity index (χ0v) is 12.9. The van der Waals surface area contributed by atoms with Crippen molar-refractivity contribution >= 4 is 17.8 Å². The number of piperidine rings is 3. The van der Waals surface area contributed by atoms with E-state index in [1.165, 1.54) is 11.0 Å². The summed E-state index contributed by atoms with van der Waals surface area (Å²) < 4.78 is 0. The van der Waals surface area contributed by atoms with E-state index in [1.54, 1.807) is 30.3 Å². The van der Waals surface area contributed by atoms with Gasteiger partial charge >= 0.3 is 5.97 Å². The Morgan fingerprint density at radius 3 is 2.17 bits per heavy atom. The Kier molecular flexibility index (Phi) is 3.84. The number of aliphatic hydroxyl groups is 3. The fourth-order valence-corrected chi connectivity index (χ4v) is 3.69. The number of rotatable bonds is 4. The molecule has 1 aromatic rings. The van der Waals surface area contributed by atoms with E-state index in [4.69, 9.17) is 0 Å². The molecule has 24 heavy (non-hydrogen) atoms. The smallest absolute Gasteiger partial charge is 0.338 e. The van der Waals surface area contributed by atoms with Crippen LogP contribution in [-0.2, 0) is 9.59 Å². The van der Waals surface area contributed by atoms with Gasteiger partial charge in [-0.15, -0.1) is 0 Å². The van der Waals surface area contributed by atoms with Crippen LogP contribution in [0.2, 0.25) is 0 Å². The number of hydrogen-bond donors (Lipinski definition) is 4. The Hall–Kier alpha value is -2.06. The third kappa shape index (κ3) is 2.06. The van der Waals surface area contributed by atoms with Gasteiger partial charge in [-0.1, -0.05) is 36.4 Å². The van der Waals surface area contributed by atoms with Crippen LogP contribution in [-0.4, -0.2) is 67.1 Å². The van der Waals surface area contributed by atoms with Crippen LogP contribution in [0, 0.1) is 0 Å². The summed E-state index contributed by atoms with van der Waals surface area (Å²) >= 11 is 0. The molecule has 3 aliphatic heterocycles. The minimum Gasteiger partial charge on any atom is -0.479 e. The molecule has 3 heterocycles. The minimum absolute atomic E-state index is 0.00922. The first-order valence-electron chi connectivity index (χ1n) is 7.69. The molecule has 3 aliphatic rings. The summed E-state index contributed by atoms with van der Waals surface area (Å²) in [5.74, 6) is -5.75. The molecule has 0 aliphatic carbocycles. The molecule has 3 saturated heterocycles.